The lowest BCUT2D eigenvalue weighted by atomic mass is 10.1. The quantitative estimate of drug-likeness (QED) is 0.584. The van der Waals surface area contributed by atoms with Gasteiger partial charge in [-0.25, -0.2) is 0 Å². The fraction of sp³-hybridized carbons (Fsp3) is 0.294. The molecule has 2 rings (SSSR count). The maximum atomic E-state index is 12.1. The molecule has 0 spiro atoms. The Morgan fingerprint density at radius 2 is 1.92 bits per heavy atom. The number of hydrogen-bond donors (Lipinski definition) is 3. The Hall–Kier alpha value is -2.38. The third-order valence-electron chi connectivity index (χ3n) is 3.29. The Labute approximate surface area is 147 Å². The van der Waals surface area contributed by atoms with Crippen LogP contribution in [-0.4, -0.2) is 30.0 Å². The summed E-state index contributed by atoms with van der Waals surface area (Å²) in [7, 11) is 3.86. The van der Waals surface area contributed by atoms with Crippen LogP contribution in [0.5, 0.6) is 0 Å². The molecule has 0 bridgehead atoms. The first-order chi connectivity index (χ1) is 11.3. The van der Waals surface area contributed by atoms with Gasteiger partial charge in [0.15, 0.2) is 10.9 Å². The molecule has 3 N–H and O–H groups in total. The van der Waals surface area contributed by atoms with Gasteiger partial charge in [0.1, 0.15) is 5.76 Å². The van der Waals surface area contributed by atoms with Crippen LogP contribution in [0.2, 0.25) is 0 Å². The van der Waals surface area contributed by atoms with Crippen LogP contribution in [0.25, 0.3) is 0 Å². The average Bonchev–Trinajstić information content (AvgIpc) is 2.96. The third kappa shape index (κ3) is 5.07. The van der Waals surface area contributed by atoms with Gasteiger partial charge in [0, 0.05) is 5.69 Å². The molecule has 0 saturated heterocycles. The molecule has 0 aliphatic rings. The number of carbonyl (C=O) groups excluding carboxylic acids is 1. The van der Waals surface area contributed by atoms with Crippen molar-refractivity contribution in [3.05, 3.63) is 53.0 Å². The summed E-state index contributed by atoms with van der Waals surface area (Å²) < 4.78 is 5.48. The smallest absolute Gasteiger partial charge is 0.305 e. The number of hydrazine groups is 1. The molecule has 0 aliphatic heterocycles. The van der Waals surface area contributed by atoms with E-state index in [-0.39, 0.29) is 11.7 Å². The van der Waals surface area contributed by atoms with Crippen molar-refractivity contribution in [1.82, 2.24) is 15.8 Å². The normalized spacial score (nSPS) is 10.5. The number of nitrogens with one attached hydrogen (secondary N) is 3. The molecular weight excluding hydrogens is 324 g/mol. The Bertz CT molecular complexity index is 740. The number of hydrogen-bond acceptors (Lipinski definition) is 4. The molecule has 1 amide bonds. The van der Waals surface area contributed by atoms with Crippen molar-refractivity contribution in [2.45, 2.75) is 20.4 Å². The molecule has 24 heavy (non-hydrogen) atoms. The molecule has 1 aromatic carbocycles. The van der Waals surface area contributed by atoms with Crippen LogP contribution in [0.1, 0.15) is 27.4 Å². The number of benzene rings is 1. The molecule has 0 unspecified atom stereocenters. The third-order valence-corrected chi connectivity index (χ3v) is 3.49. The number of amides is 1. The van der Waals surface area contributed by atoms with Gasteiger partial charge in [-0.1, -0.05) is 12.1 Å². The number of furan rings is 1. The highest BCUT2D eigenvalue weighted by atomic mass is 32.1. The first-order valence-corrected chi connectivity index (χ1v) is 7.94. The number of aryl methyl sites for hydroxylation is 2. The SMILES string of the molecule is Cc1ccc(C)c(NC(=S)NNC(=O)c2ccc(CN(C)C)o2)c1. The van der Waals surface area contributed by atoms with Crippen molar-refractivity contribution in [2.24, 2.45) is 0 Å². The minimum atomic E-state index is -0.384. The maximum Gasteiger partial charge on any atom is 0.305 e. The molecular formula is C17H22N4O2S. The second-order valence-electron chi connectivity index (χ2n) is 5.86. The van der Waals surface area contributed by atoms with Crippen molar-refractivity contribution in [3.8, 4) is 0 Å². The van der Waals surface area contributed by atoms with Crippen molar-refractivity contribution < 1.29 is 9.21 Å². The van der Waals surface area contributed by atoms with Crippen LogP contribution in [0.4, 0.5) is 5.69 Å². The Kier molecular flexibility index (Phi) is 5.94. The molecule has 1 aromatic heterocycles. The van der Waals surface area contributed by atoms with Crippen LogP contribution < -0.4 is 16.2 Å². The zero-order valence-corrected chi connectivity index (χ0v) is 15.1. The van der Waals surface area contributed by atoms with E-state index >= 15 is 0 Å². The van der Waals surface area contributed by atoms with Crippen molar-refractivity contribution >= 4 is 28.9 Å². The van der Waals surface area contributed by atoms with Gasteiger partial charge in [-0.2, -0.15) is 0 Å². The van der Waals surface area contributed by atoms with E-state index in [1.54, 1.807) is 12.1 Å². The summed E-state index contributed by atoms with van der Waals surface area (Å²) in [4.78, 5) is 14.0. The van der Waals surface area contributed by atoms with Gasteiger partial charge < -0.3 is 14.6 Å². The van der Waals surface area contributed by atoms with E-state index in [1.807, 2.05) is 51.0 Å². The van der Waals surface area contributed by atoms with E-state index in [4.69, 9.17) is 16.6 Å². The lowest BCUT2D eigenvalue weighted by Crippen LogP contribution is -2.43. The molecule has 2 aromatic rings. The standard InChI is InChI=1S/C17H22N4O2S/c1-11-5-6-12(2)14(9-11)18-17(24)20-19-16(22)15-8-7-13(23-15)10-21(3)4/h5-9H,10H2,1-4H3,(H,19,22)(H2,18,20,24). The molecule has 6 nitrogen and oxygen atoms in total. The van der Waals surface area contributed by atoms with Crippen molar-refractivity contribution in [1.29, 1.82) is 0 Å². The number of anilines is 1. The highest BCUT2D eigenvalue weighted by Gasteiger charge is 2.12. The zero-order valence-electron chi connectivity index (χ0n) is 14.3. The highest BCUT2D eigenvalue weighted by molar-refractivity contribution is 7.80. The monoisotopic (exact) mass is 346 g/mol. The van der Waals surface area contributed by atoms with Gasteiger partial charge in [-0.05, 0) is 69.5 Å². The van der Waals surface area contributed by atoms with E-state index in [0.717, 1.165) is 22.6 Å². The van der Waals surface area contributed by atoms with Gasteiger partial charge in [-0.15, -0.1) is 0 Å². The predicted molar refractivity (Wildman–Crippen MR) is 98.8 cm³/mol. The average molecular weight is 346 g/mol. The van der Waals surface area contributed by atoms with E-state index in [9.17, 15) is 4.79 Å². The summed E-state index contributed by atoms with van der Waals surface area (Å²) in [6, 6.07) is 9.44. The van der Waals surface area contributed by atoms with Crippen molar-refractivity contribution in [2.75, 3.05) is 19.4 Å². The zero-order chi connectivity index (χ0) is 17.7. The fourth-order valence-electron chi connectivity index (χ4n) is 2.10. The maximum absolute atomic E-state index is 12.1. The van der Waals surface area contributed by atoms with Crippen LogP contribution in [0.3, 0.4) is 0 Å². The minimum Gasteiger partial charge on any atom is -0.454 e. The van der Waals surface area contributed by atoms with Crippen LogP contribution in [0, 0.1) is 13.8 Å². The number of carbonyl (C=O) groups is 1. The van der Waals surface area contributed by atoms with Crippen LogP contribution in [-0.2, 0) is 6.54 Å². The Morgan fingerprint density at radius 3 is 2.62 bits per heavy atom. The number of nitrogens with zero attached hydrogens (tertiary/aromatic N) is 1. The molecule has 0 atom stereocenters. The second kappa shape index (κ2) is 7.94. The molecule has 1 heterocycles. The Balaban J connectivity index is 1.88. The lowest BCUT2D eigenvalue weighted by Gasteiger charge is -2.13. The van der Waals surface area contributed by atoms with Gasteiger partial charge in [0.05, 0.1) is 6.54 Å². The van der Waals surface area contributed by atoms with Crippen molar-refractivity contribution in [3.63, 3.8) is 0 Å². The van der Waals surface area contributed by atoms with Gasteiger partial charge in [0.25, 0.3) is 0 Å². The first kappa shape index (κ1) is 18.0. The van der Waals surface area contributed by atoms with Gasteiger partial charge >= 0.3 is 5.91 Å². The molecule has 0 aliphatic carbocycles. The van der Waals surface area contributed by atoms with Crippen LogP contribution >= 0.6 is 12.2 Å². The summed E-state index contributed by atoms with van der Waals surface area (Å²) in [6.45, 7) is 4.62. The molecule has 0 saturated carbocycles. The molecule has 0 fully saturated rings. The number of thiocarbonyl (C=S) groups is 1. The largest absolute Gasteiger partial charge is 0.454 e. The van der Waals surface area contributed by atoms with Gasteiger partial charge in [-0.3, -0.25) is 15.6 Å². The topological polar surface area (TPSA) is 69.5 Å². The predicted octanol–water partition coefficient (Wildman–Crippen LogP) is 2.59. The van der Waals surface area contributed by atoms with E-state index in [0.29, 0.717) is 11.7 Å². The number of rotatable bonds is 4. The lowest BCUT2D eigenvalue weighted by molar-refractivity contribution is 0.0913. The Morgan fingerprint density at radius 1 is 1.17 bits per heavy atom. The van der Waals surface area contributed by atoms with Gasteiger partial charge in [0.2, 0.25) is 0 Å². The molecule has 128 valence electrons. The van der Waals surface area contributed by atoms with E-state index in [1.165, 1.54) is 0 Å². The minimum absolute atomic E-state index is 0.230. The summed E-state index contributed by atoms with van der Waals surface area (Å²) in [5, 5.41) is 3.36. The first-order valence-electron chi connectivity index (χ1n) is 7.53. The van der Waals surface area contributed by atoms with E-state index in [2.05, 4.69) is 16.2 Å². The summed E-state index contributed by atoms with van der Waals surface area (Å²) in [6.07, 6.45) is 0. The molecule has 7 heteroatoms. The summed E-state index contributed by atoms with van der Waals surface area (Å²) in [5.41, 5.74) is 8.28. The highest BCUT2D eigenvalue weighted by Crippen LogP contribution is 2.16. The summed E-state index contributed by atoms with van der Waals surface area (Å²) in [5.74, 6) is 0.570. The second-order valence-corrected chi connectivity index (χ2v) is 6.26. The van der Waals surface area contributed by atoms with E-state index < -0.39 is 0 Å². The van der Waals surface area contributed by atoms with Crippen LogP contribution in [0.15, 0.2) is 34.7 Å². The summed E-state index contributed by atoms with van der Waals surface area (Å²) >= 11 is 5.20. The fourth-order valence-corrected chi connectivity index (χ4v) is 2.26. The molecule has 0 radical (unpaired) electrons.